The molecule has 0 atom stereocenters. The topological polar surface area (TPSA) is 29.3 Å². The highest BCUT2D eigenvalue weighted by molar-refractivity contribution is 5.37. The second-order valence-electron chi connectivity index (χ2n) is 4.32. The summed E-state index contributed by atoms with van der Waals surface area (Å²) in [5, 5.41) is 0. The van der Waals surface area contributed by atoms with Crippen molar-refractivity contribution >= 4 is 0 Å². The van der Waals surface area contributed by atoms with Crippen LogP contribution in [-0.2, 0) is 6.54 Å². The maximum atomic E-state index is 13.8. The highest BCUT2D eigenvalue weighted by atomic mass is 19.1. The molecule has 0 saturated carbocycles. The summed E-state index contributed by atoms with van der Waals surface area (Å²) >= 11 is 0. The van der Waals surface area contributed by atoms with Crippen LogP contribution in [-0.4, -0.2) is 24.5 Å². The molecule has 0 unspecified atom stereocenters. The Kier molecular flexibility index (Phi) is 5.14. The van der Waals surface area contributed by atoms with E-state index in [2.05, 4.69) is 30.6 Å². The van der Waals surface area contributed by atoms with Crippen LogP contribution in [0.4, 0.5) is 4.39 Å². The van der Waals surface area contributed by atoms with Gasteiger partial charge in [0.15, 0.2) is 0 Å². The summed E-state index contributed by atoms with van der Waals surface area (Å²) < 4.78 is 13.8. The second kappa shape index (κ2) is 6.39. The normalized spacial score (nSPS) is 10.5. The summed E-state index contributed by atoms with van der Waals surface area (Å²) in [6.07, 6.45) is 0. The largest absolute Gasteiger partial charge is 0.320 e. The Labute approximate surface area is 103 Å². The third kappa shape index (κ3) is 4.18. The average molecular weight is 234 g/mol. The van der Waals surface area contributed by atoms with Gasteiger partial charge >= 0.3 is 0 Å². The van der Waals surface area contributed by atoms with Gasteiger partial charge in [0.05, 0.1) is 6.54 Å². The summed E-state index contributed by atoms with van der Waals surface area (Å²) in [7, 11) is 1.98. The molecule has 0 heterocycles. The van der Waals surface area contributed by atoms with Crippen LogP contribution >= 0.6 is 0 Å². The molecule has 0 spiro atoms. The Morgan fingerprint density at radius 2 is 2.12 bits per heavy atom. The van der Waals surface area contributed by atoms with Gasteiger partial charge in [0.2, 0.25) is 0 Å². The lowest BCUT2D eigenvalue weighted by molar-refractivity contribution is 0.262. The molecule has 0 radical (unpaired) electrons. The van der Waals surface area contributed by atoms with Crippen molar-refractivity contribution in [2.75, 3.05) is 13.6 Å². The minimum absolute atomic E-state index is 0.207. The predicted octanol–water partition coefficient (Wildman–Crippen LogP) is 1.98. The minimum Gasteiger partial charge on any atom is -0.320 e. The summed E-state index contributed by atoms with van der Waals surface area (Å²) in [6, 6.07) is 5.47. The van der Waals surface area contributed by atoms with E-state index < -0.39 is 0 Å². The zero-order valence-corrected chi connectivity index (χ0v) is 10.6. The van der Waals surface area contributed by atoms with Crippen molar-refractivity contribution in [2.24, 2.45) is 5.73 Å². The summed E-state index contributed by atoms with van der Waals surface area (Å²) in [6.45, 7) is 5.06. The van der Waals surface area contributed by atoms with E-state index in [-0.39, 0.29) is 5.82 Å². The van der Waals surface area contributed by atoms with E-state index in [9.17, 15) is 4.39 Å². The lowest BCUT2D eigenvalue weighted by Gasteiger charge is -2.21. The second-order valence-corrected chi connectivity index (χ2v) is 4.32. The Bertz CT molecular complexity index is 430. The van der Waals surface area contributed by atoms with Crippen LogP contribution in [0, 0.1) is 17.7 Å². The highest BCUT2D eigenvalue weighted by Gasteiger charge is 2.08. The number of rotatable bonds is 3. The SMILES string of the molecule is CC(C)N(C)Cc1ccc(C#CCN)cc1F. The van der Waals surface area contributed by atoms with Gasteiger partial charge in [-0.25, -0.2) is 4.39 Å². The van der Waals surface area contributed by atoms with E-state index in [1.54, 1.807) is 6.07 Å². The quantitative estimate of drug-likeness (QED) is 0.810. The Morgan fingerprint density at radius 3 is 2.65 bits per heavy atom. The van der Waals surface area contributed by atoms with Crippen LogP contribution < -0.4 is 5.73 Å². The molecule has 1 rings (SSSR count). The van der Waals surface area contributed by atoms with Gasteiger partial charge in [-0.15, -0.1) is 0 Å². The molecule has 2 nitrogen and oxygen atoms in total. The molecule has 92 valence electrons. The summed E-state index contributed by atoms with van der Waals surface area (Å²) in [5.74, 6) is 5.32. The minimum atomic E-state index is -0.207. The van der Waals surface area contributed by atoms with Gasteiger partial charge in [-0.1, -0.05) is 17.9 Å². The molecule has 0 aliphatic rings. The van der Waals surface area contributed by atoms with Crippen molar-refractivity contribution in [1.29, 1.82) is 0 Å². The van der Waals surface area contributed by atoms with E-state index in [1.165, 1.54) is 6.07 Å². The Morgan fingerprint density at radius 1 is 1.41 bits per heavy atom. The number of benzene rings is 1. The number of nitrogens with two attached hydrogens (primary N) is 1. The molecule has 1 aromatic rings. The zero-order valence-electron chi connectivity index (χ0n) is 10.6. The van der Waals surface area contributed by atoms with Crippen LogP contribution in [0.2, 0.25) is 0 Å². The standard InChI is InChI=1S/C14H19FN2/c1-11(2)17(3)10-13-7-6-12(5-4-8-16)9-14(13)15/h6-7,9,11H,8,10,16H2,1-3H3. The molecule has 1 aromatic carbocycles. The van der Waals surface area contributed by atoms with Crippen molar-refractivity contribution in [2.45, 2.75) is 26.4 Å². The summed E-state index contributed by atoms with van der Waals surface area (Å²) in [4.78, 5) is 2.09. The average Bonchev–Trinajstić information content (AvgIpc) is 2.29. The number of hydrogen-bond donors (Lipinski definition) is 1. The van der Waals surface area contributed by atoms with Crippen molar-refractivity contribution in [3.8, 4) is 11.8 Å². The van der Waals surface area contributed by atoms with E-state index in [1.807, 2.05) is 13.1 Å². The maximum Gasteiger partial charge on any atom is 0.128 e. The molecular formula is C14H19FN2. The van der Waals surface area contributed by atoms with Gasteiger partial charge in [0, 0.05) is 23.7 Å². The van der Waals surface area contributed by atoms with Crippen LogP contribution in [0.3, 0.4) is 0 Å². The van der Waals surface area contributed by atoms with Gasteiger partial charge in [-0.05, 0) is 33.0 Å². The summed E-state index contributed by atoms with van der Waals surface area (Å²) in [5.41, 5.74) is 6.63. The fourth-order valence-electron chi connectivity index (χ4n) is 1.36. The predicted molar refractivity (Wildman–Crippen MR) is 68.9 cm³/mol. The van der Waals surface area contributed by atoms with E-state index >= 15 is 0 Å². The van der Waals surface area contributed by atoms with Gasteiger partial charge in [0.1, 0.15) is 5.82 Å². The highest BCUT2D eigenvalue weighted by Crippen LogP contribution is 2.13. The third-order valence-corrected chi connectivity index (χ3v) is 2.69. The number of halogens is 1. The first-order valence-corrected chi connectivity index (χ1v) is 5.72. The fourth-order valence-corrected chi connectivity index (χ4v) is 1.36. The van der Waals surface area contributed by atoms with Crippen LogP contribution in [0.15, 0.2) is 18.2 Å². The van der Waals surface area contributed by atoms with Gasteiger partial charge in [0.25, 0.3) is 0 Å². The van der Waals surface area contributed by atoms with E-state index in [4.69, 9.17) is 5.73 Å². The molecule has 0 aliphatic heterocycles. The molecule has 0 amide bonds. The van der Waals surface area contributed by atoms with Gasteiger partial charge in [-0.3, -0.25) is 4.90 Å². The Balaban J connectivity index is 2.83. The molecule has 0 aliphatic carbocycles. The molecule has 0 aromatic heterocycles. The molecule has 0 bridgehead atoms. The molecule has 0 fully saturated rings. The smallest absolute Gasteiger partial charge is 0.128 e. The van der Waals surface area contributed by atoms with Crippen LogP contribution in [0.25, 0.3) is 0 Å². The first-order valence-electron chi connectivity index (χ1n) is 5.72. The van der Waals surface area contributed by atoms with Crippen molar-refractivity contribution in [1.82, 2.24) is 4.90 Å². The van der Waals surface area contributed by atoms with Crippen LogP contribution in [0.5, 0.6) is 0 Å². The monoisotopic (exact) mass is 234 g/mol. The first-order chi connectivity index (χ1) is 8.04. The zero-order chi connectivity index (χ0) is 12.8. The lowest BCUT2D eigenvalue weighted by Crippen LogP contribution is -2.26. The molecule has 3 heteroatoms. The van der Waals surface area contributed by atoms with Crippen molar-refractivity contribution in [3.05, 3.63) is 35.1 Å². The number of nitrogens with zero attached hydrogens (tertiary/aromatic N) is 1. The van der Waals surface area contributed by atoms with Gasteiger partial charge < -0.3 is 5.73 Å². The van der Waals surface area contributed by atoms with Crippen molar-refractivity contribution < 1.29 is 4.39 Å². The van der Waals surface area contributed by atoms with E-state index in [0.717, 1.165) is 0 Å². The van der Waals surface area contributed by atoms with E-state index in [0.29, 0.717) is 30.3 Å². The molecular weight excluding hydrogens is 215 g/mol. The fraction of sp³-hybridized carbons (Fsp3) is 0.429. The lowest BCUT2D eigenvalue weighted by atomic mass is 10.1. The molecule has 17 heavy (non-hydrogen) atoms. The molecule has 0 saturated heterocycles. The Hall–Kier alpha value is -1.37. The van der Waals surface area contributed by atoms with Crippen LogP contribution in [0.1, 0.15) is 25.0 Å². The number of hydrogen-bond acceptors (Lipinski definition) is 2. The van der Waals surface area contributed by atoms with Crippen molar-refractivity contribution in [3.63, 3.8) is 0 Å². The maximum absolute atomic E-state index is 13.8. The van der Waals surface area contributed by atoms with Gasteiger partial charge in [-0.2, -0.15) is 0 Å². The third-order valence-electron chi connectivity index (χ3n) is 2.69. The molecule has 2 N–H and O–H groups in total. The first kappa shape index (κ1) is 13.7.